The van der Waals surface area contributed by atoms with E-state index >= 15 is 0 Å². The molecule has 1 rings (SSSR count). The van der Waals surface area contributed by atoms with Crippen LogP contribution in [0.2, 0.25) is 0 Å². The van der Waals surface area contributed by atoms with E-state index in [4.69, 9.17) is 4.74 Å². The molecule has 1 heterocycles. The van der Waals surface area contributed by atoms with Crippen LogP contribution in [0, 0.1) is 0 Å². The Hall–Kier alpha value is -1.59. The van der Waals surface area contributed by atoms with Crippen molar-refractivity contribution in [2.45, 2.75) is 39.5 Å². The van der Waals surface area contributed by atoms with Crippen LogP contribution in [-0.4, -0.2) is 28.3 Å². The van der Waals surface area contributed by atoms with Crippen molar-refractivity contribution in [3.05, 3.63) is 17.6 Å². The zero-order valence-corrected chi connectivity index (χ0v) is 10.7. The highest BCUT2D eigenvalue weighted by Gasteiger charge is 2.28. The van der Waals surface area contributed by atoms with Gasteiger partial charge in [-0.25, -0.2) is 18.7 Å². The summed E-state index contributed by atoms with van der Waals surface area (Å²) in [5.74, 6) is -3.28. The molecule has 100 valence electrons. The summed E-state index contributed by atoms with van der Waals surface area (Å²) in [6, 6.07) is 0. The van der Waals surface area contributed by atoms with E-state index in [0.717, 1.165) is 0 Å². The van der Waals surface area contributed by atoms with Gasteiger partial charge in [-0.05, 0) is 13.3 Å². The normalized spacial score (nSPS) is 11.4. The van der Waals surface area contributed by atoms with Crippen molar-refractivity contribution in [3.8, 4) is 5.88 Å². The summed E-state index contributed by atoms with van der Waals surface area (Å²) in [4.78, 5) is 19.2. The van der Waals surface area contributed by atoms with Crippen LogP contribution >= 0.6 is 0 Å². The fourth-order valence-corrected chi connectivity index (χ4v) is 1.41. The Morgan fingerprint density at radius 2 is 2.06 bits per heavy atom. The molecule has 1 aromatic rings. The molecule has 0 aliphatic heterocycles. The number of rotatable bonds is 6. The number of Topliss-reactive ketones (excluding diaryl/α,β-unsaturated/α-hetero) is 1. The third kappa shape index (κ3) is 3.45. The van der Waals surface area contributed by atoms with Crippen LogP contribution in [0.15, 0.2) is 6.33 Å². The minimum absolute atomic E-state index is 0.0672. The summed E-state index contributed by atoms with van der Waals surface area (Å²) in [6.07, 6.45) is 1.40. The summed E-state index contributed by atoms with van der Waals surface area (Å²) in [6.45, 7) is 3.73. The van der Waals surface area contributed by atoms with Crippen LogP contribution in [0.1, 0.15) is 43.2 Å². The van der Waals surface area contributed by atoms with Gasteiger partial charge in [0.05, 0.1) is 5.69 Å². The summed E-state index contributed by atoms with van der Waals surface area (Å²) in [7, 11) is 0. The van der Waals surface area contributed by atoms with Crippen LogP contribution in [0.5, 0.6) is 5.88 Å². The zero-order valence-electron chi connectivity index (χ0n) is 10.7. The first-order chi connectivity index (χ1) is 8.41. The van der Waals surface area contributed by atoms with Gasteiger partial charge in [-0.15, -0.1) is 0 Å². The van der Waals surface area contributed by atoms with Crippen molar-refractivity contribution >= 4 is 5.78 Å². The van der Waals surface area contributed by atoms with Gasteiger partial charge in [0.1, 0.15) is 11.9 Å². The lowest BCUT2D eigenvalue weighted by atomic mass is 10.1. The molecule has 0 atom stereocenters. The maximum absolute atomic E-state index is 13.1. The molecule has 0 spiro atoms. The smallest absolute Gasteiger partial charge is 0.281 e. The molecule has 0 unspecified atom stereocenters. The number of hydrogen-bond acceptors (Lipinski definition) is 4. The first-order valence-corrected chi connectivity index (χ1v) is 5.76. The average Bonchev–Trinajstić information content (AvgIpc) is 2.35. The summed E-state index contributed by atoms with van der Waals surface area (Å²) in [5.41, 5.74) is 0.694. The Balaban J connectivity index is 2.99. The van der Waals surface area contributed by atoms with E-state index in [0.29, 0.717) is 12.1 Å². The largest absolute Gasteiger partial charge is 0.471 e. The van der Waals surface area contributed by atoms with Gasteiger partial charge in [-0.2, -0.15) is 0 Å². The highest BCUT2D eigenvalue weighted by molar-refractivity contribution is 5.97. The molecule has 0 fully saturated rings. The number of aryl methyl sites for hydroxylation is 1. The van der Waals surface area contributed by atoms with E-state index < -0.39 is 12.5 Å². The van der Waals surface area contributed by atoms with Crippen molar-refractivity contribution < 1.29 is 18.3 Å². The molecular formula is C12H16F2N2O2. The topological polar surface area (TPSA) is 52.1 Å². The van der Waals surface area contributed by atoms with Crippen molar-refractivity contribution in [3.63, 3.8) is 0 Å². The van der Waals surface area contributed by atoms with Gasteiger partial charge < -0.3 is 4.74 Å². The molecule has 1 aromatic heterocycles. The Bertz CT molecular complexity index is 436. The predicted molar refractivity (Wildman–Crippen MR) is 62.1 cm³/mol. The van der Waals surface area contributed by atoms with Crippen molar-refractivity contribution in [1.82, 2.24) is 9.97 Å². The Labute approximate surface area is 104 Å². The van der Waals surface area contributed by atoms with Gasteiger partial charge >= 0.3 is 0 Å². The predicted octanol–water partition coefficient (Wildman–Crippen LogP) is 2.67. The zero-order chi connectivity index (χ0) is 13.8. The monoisotopic (exact) mass is 258 g/mol. The highest BCUT2D eigenvalue weighted by atomic mass is 19.3. The van der Waals surface area contributed by atoms with Gasteiger partial charge in [0.15, 0.2) is 12.4 Å². The number of ether oxygens (including phenoxy) is 1. The number of alkyl halides is 2. The molecule has 0 N–H and O–H groups in total. The molecule has 0 saturated heterocycles. The summed E-state index contributed by atoms with van der Waals surface area (Å²) < 4.78 is 31.2. The quantitative estimate of drug-likeness (QED) is 0.736. The van der Waals surface area contributed by atoms with Crippen LogP contribution in [0.3, 0.4) is 0 Å². The summed E-state index contributed by atoms with van der Waals surface area (Å²) in [5, 5.41) is 0. The van der Waals surface area contributed by atoms with Gasteiger partial charge in [-0.1, -0.05) is 13.8 Å². The maximum atomic E-state index is 13.1. The number of carbonyl (C=O) groups excluding carboxylic acids is 1. The Kier molecular flexibility index (Phi) is 4.69. The van der Waals surface area contributed by atoms with E-state index in [-0.39, 0.29) is 23.6 Å². The first-order valence-electron chi connectivity index (χ1n) is 5.76. The lowest BCUT2D eigenvalue weighted by Gasteiger charge is -2.16. The Morgan fingerprint density at radius 3 is 2.56 bits per heavy atom. The minimum Gasteiger partial charge on any atom is -0.471 e. The molecule has 0 aliphatic carbocycles. The van der Waals surface area contributed by atoms with E-state index in [1.807, 2.05) is 6.92 Å². The molecule has 0 aliphatic rings. The van der Waals surface area contributed by atoms with Crippen molar-refractivity contribution in [2.75, 3.05) is 6.61 Å². The van der Waals surface area contributed by atoms with Crippen LogP contribution in [0.25, 0.3) is 0 Å². The second kappa shape index (κ2) is 5.84. The highest BCUT2D eigenvalue weighted by Crippen LogP contribution is 2.23. The number of halogens is 2. The Morgan fingerprint density at radius 1 is 1.39 bits per heavy atom. The van der Waals surface area contributed by atoms with Crippen LogP contribution < -0.4 is 4.74 Å². The maximum Gasteiger partial charge on any atom is 0.281 e. The SMILES string of the molecule is CCc1ncnc(OCC(F)(F)CC)c1C(C)=O. The van der Waals surface area contributed by atoms with E-state index in [1.54, 1.807) is 0 Å². The van der Waals surface area contributed by atoms with Crippen molar-refractivity contribution in [2.24, 2.45) is 0 Å². The number of aromatic nitrogens is 2. The van der Waals surface area contributed by atoms with Crippen LogP contribution in [-0.2, 0) is 6.42 Å². The number of nitrogens with zero attached hydrogens (tertiary/aromatic N) is 2. The second-order valence-corrected chi connectivity index (χ2v) is 3.91. The van der Waals surface area contributed by atoms with E-state index in [1.165, 1.54) is 20.2 Å². The lowest BCUT2D eigenvalue weighted by Crippen LogP contribution is -2.25. The minimum atomic E-state index is -2.93. The molecule has 6 heteroatoms. The van der Waals surface area contributed by atoms with E-state index in [9.17, 15) is 13.6 Å². The van der Waals surface area contributed by atoms with Crippen molar-refractivity contribution in [1.29, 1.82) is 0 Å². The lowest BCUT2D eigenvalue weighted by molar-refractivity contribution is -0.0449. The number of ketones is 1. The molecule has 0 bridgehead atoms. The van der Waals surface area contributed by atoms with Crippen LogP contribution in [0.4, 0.5) is 8.78 Å². The molecule has 0 saturated carbocycles. The molecule has 18 heavy (non-hydrogen) atoms. The van der Waals surface area contributed by atoms with Gasteiger partial charge in [-0.3, -0.25) is 4.79 Å². The molecule has 4 nitrogen and oxygen atoms in total. The average molecular weight is 258 g/mol. The first kappa shape index (κ1) is 14.5. The van der Waals surface area contributed by atoms with Gasteiger partial charge in [0.2, 0.25) is 5.88 Å². The number of hydrogen-bond donors (Lipinski definition) is 0. The molecular weight excluding hydrogens is 242 g/mol. The molecule has 0 radical (unpaired) electrons. The second-order valence-electron chi connectivity index (χ2n) is 3.91. The van der Waals surface area contributed by atoms with Gasteiger partial charge in [0, 0.05) is 6.42 Å². The van der Waals surface area contributed by atoms with E-state index in [2.05, 4.69) is 9.97 Å². The number of carbonyl (C=O) groups is 1. The summed E-state index contributed by atoms with van der Waals surface area (Å²) >= 11 is 0. The molecule has 0 amide bonds. The third-order valence-corrected chi connectivity index (χ3v) is 2.52. The fourth-order valence-electron chi connectivity index (χ4n) is 1.41. The molecule has 0 aromatic carbocycles. The fraction of sp³-hybridized carbons (Fsp3) is 0.583. The van der Waals surface area contributed by atoms with Gasteiger partial charge in [0.25, 0.3) is 5.92 Å². The third-order valence-electron chi connectivity index (χ3n) is 2.52. The standard InChI is InChI=1S/C12H16F2N2O2/c1-4-9-10(8(3)17)11(16-7-15-9)18-6-12(13,14)5-2/h7H,4-6H2,1-3H3.